The number of likely N-dealkylation sites (tertiary alicyclic amines) is 1. The number of benzene rings is 2. The first kappa shape index (κ1) is 41.3. The number of hydrogen-bond acceptors (Lipinski definition) is 9. The van der Waals surface area contributed by atoms with E-state index in [0.717, 1.165) is 25.0 Å². The maximum absolute atomic E-state index is 13.5. The molecule has 22 heteroatoms. The second-order valence-electron chi connectivity index (χ2n) is 13.0. The average molecular weight is 825 g/mol. The van der Waals surface area contributed by atoms with Crippen LogP contribution in [0.15, 0.2) is 54.6 Å². The smallest absolute Gasteiger partial charge is 0.376 e. The number of rotatable bonds is 10. The van der Waals surface area contributed by atoms with Gasteiger partial charge in [-0.05, 0) is 92.0 Å². The molecule has 13 nitrogen and oxygen atoms in total. The first-order valence-electron chi connectivity index (χ1n) is 16.3. The lowest BCUT2D eigenvalue weighted by molar-refractivity contribution is -0.139. The lowest BCUT2D eigenvalue weighted by Gasteiger charge is -2.28. The predicted molar refractivity (Wildman–Crippen MR) is 179 cm³/mol. The van der Waals surface area contributed by atoms with Crippen molar-refractivity contribution < 1.29 is 70.7 Å². The number of allylic oxidation sites excluding steroid dienone is 1. The molecule has 298 valence electrons. The molecule has 2 aromatic carbocycles. The molecule has 4 atom stereocenters. The Morgan fingerprint density at radius 1 is 0.982 bits per heavy atom. The van der Waals surface area contributed by atoms with Crippen molar-refractivity contribution in [2.45, 2.75) is 61.7 Å². The van der Waals surface area contributed by atoms with Crippen molar-refractivity contribution in [2.75, 3.05) is 6.54 Å². The van der Waals surface area contributed by atoms with Gasteiger partial charge in [-0.15, -0.1) is 0 Å². The summed E-state index contributed by atoms with van der Waals surface area (Å²) < 4.78 is 137. The number of halogens is 7. The number of amides is 3. The van der Waals surface area contributed by atoms with E-state index >= 15 is 0 Å². The zero-order valence-corrected chi connectivity index (χ0v) is 29.9. The van der Waals surface area contributed by atoms with Crippen LogP contribution >= 0.6 is 0 Å². The van der Waals surface area contributed by atoms with E-state index < -0.39 is 79.2 Å². The summed E-state index contributed by atoms with van der Waals surface area (Å²) in [6.45, 7) is 1.20. The Morgan fingerprint density at radius 2 is 1.65 bits per heavy atom. The fourth-order valence-electron chi connectivity index (χ4n) is 5.83. The number of aromatic nitrogens is 1. The van der Waals surface area contributed by atoms with Crippen molar-refractivity contribution in [1.82, 2.24) is 20.5 Å². The van der Waals surface area contributed by atoms with E-state index in [9.17, 15) is 53.5 Å². The van der Waals surface area contributed by atoms with E-state index in [1.54, 1.807) is 19.1 Å². The SMILES string of the molecule is C[C@H](NC(=O)[C@@H]1C[C@H]2C[C@H]2N1C(=O)CNC(=O)c1ccc2cc(F)ccc2n1)c1cc(OS(=O)(=O)C(F)(F)F)ccc1/C=C/C1CC1.O=S(=O)(O)C(F)(F)F. The van der Waals surface area contributed by atoms with Gasteiger partial charge in [-0.3, -0.25) is 18.9 Å². The molecule has 55 heavy (non-hydrogen) atoms. The molecule has 1 saturated heterocycles. The van der Waals surface area contributed by atoms with Crippen molar-refractivity contribution in [1.29, 1.82) is 0 Å². The number of nitrogens with one attached hydrogen (secondary N) is 2. The zero-order valence-electron chi connectivity index (χ0n) is 28.3. The van der Waals surface area contributed by atoms with Crippen LogP contribution in [0.2, 0.25) is 0 Å². The molecule has 2 aliphatic carbocycles. The average Bonchev–Trinajstić information content (AvgIpc) is 4.02. The molecular formula is C33H31F7N4O9S2. The van der Waals surface area contributed by atoms with Crippen LogP contribution in [0.25, 0.3) is 17.0 Å². The van der Waals surface area contributed by atoms with E-state index in [2.05, 4.69) is 19.8 Å². The van der Waals surface area contributed by atoms with Crippen molar-refractivity contribution >= 4 is 54.9 Å². The summed E-state index contributed by atoms with van der Waals surface area (Å²) in [6, 6.07) is 8.76. The van der Waals surface area contributed by atoms with Crippen molar-refractivity contribution in [2.24, 2.45) is 11.8 Å². The molecule has 3 N–H and O–H groups in total. The predicted octanol–water partition coefficient (Wildman–Crippen LogP) is 5.02. The summed E-state index contributed by atoms with van der Waals surface area (Å²) in [5.41, 5.74) is -9.84. The van der Waals surface area contributed by atoms with Gasteiger partial charge >= 0.3 is 31.3 Å². The molecule has 3 aromatic rings. The van der Waals surface area contributed by atoms with E-state index in [-0.39, 0.29) is 17.7 Å². The van der Waals surface area contributed by atoms with Gasteiger partial charge in [0.2, 0.25) is 11.8 Å². The van der Waals surface area contributed by atoms with Crippen molar-refractivity contribution in [3.63, 3.8) is 0 Å². The summed E-state index contributed by atoms with van der Waals surface area (Å²) in [6.07, 6.45) is 6.81. The summed E-state index contributed by atoms with van der Waals surface area (Å²) in [5, 5.41) is 5.87. The minimum absolute atomic E-state index is 0.0338. The number of nitrogens with zero attached hydrogens (tertiary/aromatic N) is 2. The molecule has 0 radical (unpaired) electrons. The van der Waals surface area contributed by atoms with Crippen LogP contribution in [0.5, 0.6) is 5.75 Å². The summed E-state index contributed by atoms with van der Waals surface area (Å²) >= 11 is 0. The molecule has 3 amide bonds. The fourth-order valence-corrected chi connectivity index (χ4v) is 6.28. The summed E-state index contributed by atoms with van der Waals surface area (Å²) in [4.78, 5) is 45.3. The van der Waals surface area contributed by atoms with Gasteiger partial charge in [0.15, 0.2) is 0 Å². The highest BCUT2D eigenvalue weighted by atomic mass is 32.2. The van der Waals surface area contributed by atoms with Gasteiger partial charge in [-0.2, -0.15) is 43.2 Å². The molecule has 0 bridgehead atoms. The molecule has 6 rings (SSSR count). The van der Waals surface area contributed by atoms with Crippen LogP contribution < -0.4 is 14.8 Å². The highest BCUT2D eigenvalue weighted by Gasteiger charge is 2.56. The van der Waals surface area contributed by atoms with Crippen LogP contribution in [-0.4, -0.2) is 78.6 Å². The number of pyridine rings is 1. The third-order valence-corrected chi connectivity index (χ3v) is 10.4. The molecule has 0 unspecified atom stereocenters. The van der Waals surface area contributed by atoms with Gasteiger partial charge < -0.3 is 19.7 Å². The Labute approximate surface area is 308 Å². The van der Waals surface area contributed by atoms with Crippen LogP contribution in [0, 0.1) is 17.7 Å². The highest BCUT2D eigenvalue weighted by molar-refractivity contribution is 7.88. The maximum Gasteiger partial charge on any atom is 0.534 e. The van der Waals surface area contributed by atoms with Crippen LogP contribution in [0.1, 0.15) is 60.3 Å². The highest BCUT2D eigenvalue weighted by Crippen LogP contribution is 2.48. The molecule has 2 heterocycles. The molecule has 3 fully saturated rings. The van der Waals surface area contributed by atoms with Gasteiger partial charge in [0.25, 0.3) is 5.91 Å². The Balaban J connectivity index is 0.000000654. The summed E-state index contributed by atoms with van der Waals surface area (Å²) in [5.74, 6) is -2.12. The zero-order chi connectivity index (χ0) is 40.7. The van der Waals surface area contributed by atoms with E-state index in [1.165, 1.54) is 35.2 Å². The van der Waals surface area contributed by atoms with Crippen molar-refractivity contribution in [3.05, 3.63) is 77.2 Å². The molecule has 0 spiro atoms. The number of carbonyl (C=O) groups is 3. The Bertz CT molecular complexity index is 2250. The maximum atomic E-state index is 13.5. The molecule has 1 aromatic heterocycles. The minimum Gasteiger partial charge on any atom is -0.376 e. The number of alkyl halides is 6. The monoisotopic (exact) mass is 824 g/mol. The first-order chi connectivity index (χ1) is 25.4. The lowest BCUT2D eigenvalue weighted by Crippen LogP contribution is -2.51. The van der Waals surface area contributed by atoms with Gasteiger partial charge in [0, 0.05) is 11.4 Å². The normalized spacial score (nSPS) is 20.3. The van der Waals surface area contributed by atoms with Gasteiger partial charge in [0.05, 0.1) is 18.1 Å². The quantitative estimate of drug-likeness (QED) is 0.108. The fraction of sp³-hybridized carbons (Fsp3) is 0.394. The van der Waals surface area contributed by atoms with Gasteiger partial charge in [-0.1, -0.05) is 24.3 Å². The van der Waals surface area contributed by atoms with Gasteiger partial charge in [-0.25, -0.2) is 9.37 Å². The number of piperidine rings is 1. The lowest BCUT2D eigenvalue weighted by atomic mass is 9.99. The molecular weight excluding hydrogens is 794 g/mol. The van der Waals surface area contributed by atoms with Crippen LogP contribution in [0.3, 0.4) is 0 Å². The largest absolute Gasteiger partial charge is 0.534 e. The first-order valence-corrected chi connectivity index (χ1v) is 19.1. The second-order valence-corrected chi connectivity index (χ2v) is 15.9. The Kier molecular flexibility index (Phi) is 11.5. The molecule has 1 aliphatic heterocycles. The third kappa shape index (κ3) is 10.1. The Hall–Kier alpha value is -4.83. The summed E-state index contributed by atoms with van der Waals surface area (Å²) in [7, 11) is -11.8. The number of fused-ring (bicyclic) bond motifs is 2. The number of carbonyl (C=O) groups excluding carboxylic acids is 3. The van der Waals surface area contributed by atoms with E-state index in [1.807, 2.05) is 6.08 Å². The van der Waals surface area contributed by atoms with Gasteiger partial charge in [0.1, 0.15) is 23.3 Å². The topological polar surface area (TPSA) is 189 Å². The Morgan fingerprint density at radius 3 is 2.27 bits per heavy atom. The second kappa shape index (κ2) is 15.4. The molecule has 3 aliphatic rings. The van der Waals surface area contributed by atoms with Crippen LogP contribution in [0.4, 0.5) is 30.7 Å². The van der Waals surface area contributed by atoms with E-state index in [0.29, 0.717) is 40.8 Å². The van der Waals surface area contributed by atoms with Crippen molar-refractivity contribution in [3.8, 4) is 5.75 Å². The van der Waals surface area contributed by atoms with E-state index in [4.69, 9.17) is 13.0 Å². The minimum atomic E-state index is -5.91. The standard InChI is InChI=1S/C32H30F4N4O6S.CHF3O3S/c1-17(24-15-23(46-47(44,45)32(34,35)36)9-6-19(24)5-4-18-2-3-18)38-31(43)28-14-21-13-27(21)40(28)29(41)16-37-30(42)26-10-7-20-12-22(33)8-11-25(20)39-26;2-1(3,4)8(5,6)7/h4-12,15,17-18,21,27-28H,2-3,13-14,16H2,1H3,(H,37,42)(H,38,43);(H,5,6,7)/b5-4+;/t17-,21+,27+,28-;/m0./s1. The van der Waals surface area contributed by atoms with Crippen LogP contribution in [-0.2, 0) is 29.8 Å². The number of hydrogen-bond donors (Lipinski definition) is 3. The molecule has 2 saturated carbocycles. The third-order valence-electron chi connectivity index (χ3n) is 8.81.